The van der Waals surface area contributed by atoms with Gasteiger partial charge in [0.05, 0.1) is 12.5 Å². The van der Waals surface area contributed by atoms with Crippen molar-refractivity contribution < 1.29 is 14.3 Å². The van der Waals surface area contributed by atoms with Gasteiger partial charge in [-0.25, -0.2) is 0 Å². The van der Waals surface area contributed by atoms with Crippen molar-refractivity contribution in [2.45, 2.75) is 51.5 Å². The van der Waals surface area contributed by atoms with Crippen LogP contribution in [0, 0.1) is 5.41 Å². The summed E-state index contributed by atoms with van der Waals surface area (Å²) in [6.45, 7) is 9.47. The second-order valence-electron chi connectivity index (χ2n) is 9.41. The molecule has 176 valence electrons. The second kappa shape index (κ2) is 10.2. The van der Waals surface area contributed by atoms with E-state index in [4.69, 9.17) is 4.74 Å². The lowest BCUT2D eigenvalue weighted by Gasteiger charge is -2.56. The number of carbonyl (C=O) groups is 2. The number of piperazine rings is 1. The predicted octanol–water partition coefficient (Wildman–Crippen LogP) is 2.50. The highest BCUT2D eigenvalue weighted by atomic mass is 16.5. The number of nitrogens with one attached hydrogen (secondary N) is 1. The number of carbonyl (C=O) groups excluding carboxylic acids is 2. The fourth-order valence-corrected chi connectivity index (χ4v) is 5.64. The van der Waals surface area contributed by atoms with Crippen LogP contribution in [-0.4, -0.2) is 80.6 Å². The summed E-state index contributed by atoms with van der Waals surface area (Å²) < 4.78 is 5.25. The van der Waals surface area contributed by atoms with Crippen LogP contribution in [-0.2, 0) is 9.59 Å². The first-order chi connectivity index (χ1) is 15.6. The number of likely N-dealkylation sites (N-methyl/N-ethyl adjacent to an activating group) is 1. The molecule has 4 rings (SSSR count). The summed E-state index contributed by atoms with van der Waals surface area (Å²) in [6, 6.07) is 7.05. The van der Waals surface area contributed by atoms with E-state index in [-0.39, 0.29) is 11.8 Å². The fraction of sp³-hybridized carbons (Fsp3) is 0.680. The SMILES string of the molecule is CCN1CCN(CCCNC(=O)C2N(c3ccc(OC)cc3)C(=O)C23CCCCC3)CC1. The normalized spacial score (nSPS) is 23.8. The molecule has 0 bridgehead atoms. The van der Waals surface area contributed by atoms with Gasteiger partial charge in [-0.1, -0.05) is 26.2 Å². The molecular formula is C25H38N4O3. The van der Waals surface area contributed by atoms with E-state index in [1.807, 2.05) is 24.3 Å². The van der Waals surface area contributed by atoms with Gasteiger partial charge < -0.3 is 19.9 Å². The number of benzene rings is 1. The fourth-order valence-electron chi connectivity index (χ4n) is 5.64. The first-order valence-corrected chi connectivity index (χ1v) is 12.3. The lowest BCUT2D eigenvalue weighted by Crippen LogP contribution is -2.74. The summed E-state index contributed by atoms with van der Waals surface area (Å²) in [4.78, 5) is 33.3. The van der Waals surface area contributed by atoms with Gasteiger partial charge in [-0.2, -0.15) is 0 Å². The Morgan fingerprint density at radius 2 is 1.72 bits per heavy atom. The highest BCUT2D eigenvalue weighted by Gasteiger charge is 2.63. The number of β-lactam (4-membered cyclic amide) rings is 1. The third kappa shape index (κ3) is 4.50. The number of methoxy groups -OCH3 is 1. The first kappa shape index (κ1) is 23.1. The molecule has 7 nitrogen and oxygen atoms in total. The Kier molecular flexibility index (Phi) is 7.36. The Hall–Kier alpha value is -2.12. The zero-order chi connectivity index (χ0) is 22.6. The standard InChI is InChI=1S/C25H38N4O3/c1-3-27-16-18-28(19-17-27)15-7-14-26-23(30)22-25(12-5-4-6-13-25)24(31)29(22)20-8-10-21(32-2)11-9-20/h8-11,22H,3-7,12-19H2,1-2H3,(H,26,30). The Morgan fingerprint density at radius 3 is 2.34 bits per heavy atom. The number of rotatable bonds is 8. The van der Waals surface area contributed by atoms with E-state index < -0.39 is 11.5 Å². The van der Waals surface area contributed by atoms with Crippen LogP contribution in [0.5, 0.6) is 5.75 Å². The number of nitrogens with zero attached hydrogens (tertiary/aromatic N) is 3. The Bertz CT molecular complexity index is 783. The highest BCUT2D eigenvalue weighted by Crippen LogP contribution is 2.51. The van der Waals surface area contributed by atoms with Gasteiger partial charge in [0.2, 0.25) is 11.8 Å². The van der Waals surface area contributed by atoms with E-state index in [9.17, 15) is 9.59 Å². The molecule has 32 heavy (non-hydrogen) atoms. The van der Waals surface area contributed by atoms with Crippen LogP contribution in [0.25, 0.3) is 0 Å². The van der Waals surface area contributed by atoms with Crippen LogP contribution in [0.1, 0.15) is 45.4 Å². The van der Waals surface area contributed by atoms with E-state index in [1.165, 1.54) is 0 Å². The monoisotopic (exact) mass is 442 g/mol. The van der Waals surface area contributed by atoms with E-state index >= 15 is 0 Å². The first-order valence-electron chi connectivity index (χ1n) is 12.3. The van der Waals surface area contributed by atoms with E-state index in [1.54, 1.807) is 12.0 Å². The van der Waals surface area contributed by atoms with Gasteiger partial charge in [0.15, 0.2) is 0 Å². The molecule has 2 saturated heterocycles. The molecule has 0 aromatic heterocycles. The number of anilines is 1. The lowest BCUT2D eigenvalue weighted by atomic mass is 9.61. The molecule has 2 aliphatic heterocycles. The minimum atomic E-state index is -0.515. The van der Waals surface area contributed by atoms with Gasteiger partial charge in [0, 0.05) is 38.4 Å². The number of hydrogen-bond donors (Lipinski definition) is 1. The van der Waals surface area contributed by atoms with Gasteiger partial charge >= 0.3 is 0 Å². The molecular weight excluding hydrogens is 404 g/mol. The predicted molar refractivity (Wildman–Crippen MR) is 126 cm³/mol. The smallest absolute Gasteiger partial charge is 0.244 e. The maximum Gasteiger partial charge on any atom is 0.244 e. The third-order valence-electron chi connectivity index (χ3n) is 7.63. The molecule has 1 unspecified atom stereocenters. The summed E-state index contributed by atoms with van der Waals surface area (Å²) in [5, 5.41) is 3.16. The van der Waals surface area contributed by atoms with Gasteiger partial charge in [0.25, 0.3) is 0 Å². The van der Waals surface area contributed by atoms with Crippen molar-refractivity contribution in [2.24, 2.45) is 5.41 Å². The van der Waals surface area contributed by atoms with Crippen LogP contribution in [0.3, 0.4) is 0 Å². The highest BCUT2D eigenvalue weighted by molar-refractivity contribution is 6.14. The summed E-state index contributed by atoms with van der Waals surface area (Å²) >= 11 is 0. The number of ether oxygens (including phenoxy) is 1. The van der Waals surface area contributed by atoms with Crippen molar-refractivity contribution in [2.75, 3.05) is 57.8 Å². The molecule has 2 amide bonds. The summed E-state index contributed by atoms with van der Waals surface area (Å²) in [5.74, 6) is 0.851. The zero-order valence-corrected chi connectivity index (χ0v) is 19.6. The third-order valence-corrected chi connectivity index (χ3v) is 7.63. The Labute approximate surface area is 192 Å². The topological polar surface area (TPSA) is 65.1 Å². The van der Waals surface area contributed by atoms with E-state index in [2.05, 4.69) is 22.0 Å². The van der Waals surface area contributed by atoms with Crippen LogP contribution < -0.4 is 15.0 Å². The molecule has 1 aromatic rings. The van der Waals surface area contributed by atoms with Crippen molar-refractivity contribution >= 4 is 17.5 Å². The molecule has 3 aliphatic rings. The maximum absolute atomic E-state index is 13.3. The minimum absolute atomic E-state index is 0.00174. The summed E-state index contributed by atoms with van der Waals surface area (Å²) in [7, 11) is 1.63. The summed E-state index contributed by atoms with van der Waals surface area (Å²) in [5.41, 5.74) is 0.264. The molecule has 1 aromatic carbocycles. The van der Waals surface area contributed by atoms with Crippen molar-refractivity contribution in [3.8, 4) is 5.75 Å². The number of amides is 2. The van der Waals surface area contributed by atoms with E-state index in [0.29, 0.717) is 6.54 Å². The Balaban J connectivity index is 1.36. The van der Waals surface area contributed by atoms with Crippen molar-refractivity contribution in [1.82, 2.24) is 15.1 Å². The molecule has 1 spiro atoms. The van der Waals surface area contributed by atoms with Crippen LogP contribution in [0.2, 0.25) is 0 Å². The average Bonchev–Trinajstić information content (AvgIpc) is 2.85. The van der Waals surface area contributed by atoms with Gasteiger partial charge in [-0.05, 0) is 56.6 Å². The molecule has 3 fully saturated rings. The zero-order valence-electron chi connectivity index (χ0n) is 19.6. The molecule has 1 N–H and O–H groups in total. The molecule has 2 heterocycles. The van der Waals surface area contributed by atoms with Gasteiger partial charge in [-0.3, -0.25) is 14.5 Å². The van der Waals surface area contributed by atoms with Gasteiger partial charge in [0.1, 0.15) is 11.8 Å². The Morgan fingerprint density at radius 1 is 1.06 bits per heavy atom. The maximum atomic E-state index is 13.3. The summed E-state index contributed by atoms with van der Waals surface area (Å²) in [6.07, 6.45) is 5.77. The lowest BCUT2D eigenvalue weighted by molar-refractivity contribution is -0.150. The average molecular weight is 443 g/mol. The minimum Gasteiger partial charge on any atom is -0.497 e. The van der Waals surface area contributed by atoms with Crippen molar-refractivity contribution in [3.63, 3.8) is 0 Å². The van der Waals surface area contributed by atoms with Crippen molar-refractivity contribution in [3.05, 3.63) is 24.3 Å². The van der Waals surface area contributed by atoms with Crippen LogP contribution in [0.15, 0.2) is 24.3 Å². The largest absolute Gasteiger partial charge is 0.497 e. The van der Waals surface area contributed by atoms with Crippen LogP contribution in [0.4, 0.5) is 5.69 Å². The molecule has 1 atom stereocenters. The van der Waals surface area contributed by atoms with E-state index in [0.717, 1.165) is 89.2 Å². The molecule has 0 radical (unpaired) electrons. The van der Waals surface area contributed by atoms with Gasteiger partial charge in [-0.15, -0.1) is 0 Å². The quantitative estimate of drug-likeness (QED) is 0.495. The molecule has 1 saturated carbocycles. The molecule has 1 aliphatic carbocycles. The van der Waals surface area contributed by atoms with Crippen LogP contribution >= 0.6 is 0 Å². The second-order valence-corrected chi connectivity index (χ2v) is 9.41. The number of hydrogen-bond acceptors (Lipinski definition) is 5. The van der Waals surface area contributed by atoms with Crippen molar-refractivity contribution in [1.29, 1.82) is 0 Å². The molecule has 7 heteroatoms.